The molecule has 2 aromatic rings. The molecule has 3 rings (SSSR count). The molecule has 0 N–H and O–H groups in total. The molecule has 1 atom stereocenters. The third-order valence-corrected chi connectivity index (χ3v) is 6.87. The number of sulfonamides is 1. The summed E-state index contributed by atoms with van der Waals surface area (Å²) in [6.07, 6.45) is 0. The van der Waals surface area contributed by atoms with Crippen LogP contribution in [0.5, 0.6) is 5.75 Å². The fourth-order valence-corrected chi connectivity index (χ4v) is 5.71. The van der Waals surface area contributed by atoms with Crippen LogP contribution in [-0.4, -0.2) is 32.1 Å². The van der Waals surface area contributed by atoms with E-state index < -0.39 is 10.0 Å². The van der Waals surface area contributed by atoms with Gasteiger partial charge in [0.25, 0.3) is 0 Å². The van der Waals surface area contributed by atoms with Gasteiger partial charge in [-0.15, -0.1) is 11.8 Å². The first-order valence-electron chi connectivity index (χ1n) is 6.95. The number of thioether (sulfide) groups is 1. The average molecular weight is 335 g/mol. The Kier molecular flexibility index (Phi) is 4.42. The Morgan fingerprint density at radius 1 is 1.09 bits per heavy atom. The SMILES string of the molecule is COc1ccc(S(=O)(=O)N2CCS[C@@H]2c2ccccc2)cc1. The second kappa shape index (κ2) is 6.32. The maximum absolute atomic E-state index is 12.9. The van der Waals surface area contributed by atoms with Gasteiger partial charge in [0, 0.05) is 12.3 Å². The monoisotopic (exact) mass is 335 g/mol. The zero-order valence-corrected chi connectivity index (χ0v) is 13.8. The van der Waals surface area contributed by atoms with Crippen molar-refractivity contribution in [2.24, 2.45) is 0 Å². The quantitative estimate of drug-likeness (QED) is 0.861. The highest BCUT2D eigenvalue weighted by Crippen LogP contribution is 2.41. The third-order valence-electron chi connectivity index (χ3n) is 3.60. The molecule has 116 valence electrons. The molecule has 0 unspecified atom stereocenters. The van der Waals surface area contributed by atoms with Gasteiger partial charge in [-0.1, -0.05) is 30.3 Å². The Bertz CT molecular complexity index is 730. The van der Waals surface area contributed by atoms with E-state index in [2.05, 4.69) is 0 Å². The molecular weight excluding hydrogens is 318 g/mol. The number of nitrogens with zero attached hydrogens (tertiary/aromatic N) is 1. The zero-order valence-electron chi connectivity index (χ0n) is 12.2. The van der Waals surface area contributed by atoms with Crippen LogP contribution in [0.25, 0.3) is 0 Å². The van der Waals surface area contributed by atoms with Crippen LogP contribution < -0.4 is 4.74 Å². The minimum atomic E-state index is -3.50. The van der Waals surface area contributed by atoms with Crippen LogP contribution in [0, 0.1) is 0 Å². The lowest BCUT2D eigenvalue weighted by molar-refractivity contribution is 0.414. The van der Waals surface area contributed by atoms with Gasteiger partial charge >= 0.3 is 0 Å². The summed E-state index contributed by atoms with van der Waals surface area (Å²) in [4.78, 5) is 0.303. The second-order valence-corrected chi connectivity index (χ2v) is 8.00. The highest BCUT2D eigenvalue weighted by Gasteiger charge is 2.36. The van der Waals surface area contributed by atoms with E-state index in [0.717, 1.165) is 11.3 Å². The fourth-order valence-electron chi connectivity index (χ4n) is 2.46. The second-order valence-electron chi connectivity index (χ2n) is 4.93. The van der Waals surface area contributed by atoms with Gasteiger partial charge in [-0.2, -0.15) is 4.31 Å². The smallest absolute Gasteiger partial charge is 0.244 e. The van der Waals surface area contributed by atoms with Crippen molar-refractivity contribution in [2.75, 3.05) is 19.4 Å². The Hall–Kier alpha value is -1.50. The van der Waals surface area contributed by atoms with Crippen LogP contribution in [0.15, 0.2) is 59.5 Å². The van der Waals surface area contributed by atoms with E-state index in [1.807, 2.05) is 30.3 Å². The van der Waals surface area contributed by atoms with E-state index in [4.69, 9.17) is 4.74 Å². The first-order chi connectivity index (χ1) is 10.6. The molecule has 22 heavy (non-hydrogen) atoms. The lowest BCUT2D eigenvalue weighted by atomic mass is 10.2. The maximum atomic E-state index is 12.9. The van der Waals surface area contributed by atoms with Crippen molar-refractivity contribution in [3.63, 3.8) is 0 Å². The van der Waals surface area contributed by atoms with Crippen LogP contribution in [0.2, 0.25) is 0 Å². The van der Waals surface area contributed by atoms with E-state index >= 15 is 0 Å². The minimum Gasteiger partial charge on any atom is -0.497 e. The predicted octanol–water partition coefficient (Wildman–Crippen LogP) is 3.13. The number of rotatable bonds is 4. The molecule has 0 aromatic heterocycles. The van der Waals surface area contributed by atoms with E-state index in [9.17, 15) is 8.42 Å². The standard InChI is InChI=1S/C16H17NO3S2/c1-20-14-7-9-15(10-8-14)22(18,19)17-11-12-21-16(17)13-5-3-2-4-6-13/h2-10,16H,11-12H2,1H3/t16-/m1/s1. The number of hydrogen-bond donors (Lipinski definition) is 0. The molecule has 0 radical (unpaired) electrons. The third kappa shape index (κ3) is 2.86. The lowest BCUT2D eigenvalue weighted by Gasteiger charge is -2.23. The number of ether oxygens (including phenoxy) is 1. The first kappa shape index (κ1) is 15.4. The summed E-state index contributed by atoms with van der Waals surface area (Å²) in [7, 11) is -1.94. The Morgan fingerprint density at radius 2 is 1.77 bits per heavy atom. The molecular formula is C16H17NO3S2. The van der Waals surface area contributed by atoms with Crippen molar-refractivity contribution in [3.05, 3.63) is 60.2 Å². The largest absolute Gasteiger partial charge is 0.497 e. The van der Waals surface area contributed by atoms with Crippen molar-refractivity contribution in [1.82, 2.24) is 4.31 Å². The van der Waals surface area contributed by atoms with Crippen molar-refractivity contribution < 1.29 is 13.2 Å². The van der Waals surface area contributed by atoms with Crippen LogP contribution >= 0.6 is 11.8 Å². The number of methoxy groups -OCH3 is 1. The Labute approximate surface area is 135 Å². The van der Waals surface area contributed by atoms with E-state index in [-0.39, 0.29) is 5.37 Å². The van der Waals surface area contributed by atoms with Gasteiger partial charge in [-0.05, 0) is 29.8 Å². The van der Waals surface area contributed by atoms with Crippen LogP contribution in [-0.2, 0) is 10.0 Å². The first-order valence-corrected chi connectivity index (χ1v) is 9.44. The molecule has 6 heteroatoms. The molecule has 1 saturated heterocycles. The van der Waals surface area contributed by atoms with E-state index in [1.165, 1.54) is 0 Å². The molecule has 0 amide bonds. The van der Waals surface area contributed by atoms with Crippen LogP contribution in [0.1, 0.15) is 10.9 Å². The van der Waals surface area contributed by atoms with Crippen molar-refractivity contribution in [2.45, 2.75) is 10.3 Å². The van der Waals surface area contributed by atoms with Crippen molar-refractivity contribution >= 4 is 21.8 Å². The molecule has 0 spiro atoms. The highest BCUT2D eigenvalue weighted by molar-refractivity contribution is 8.01. The molecule has 1 aliphatic heterocycles. The van der Waals surface area contributed by atoms with Gasteiger partial charge in [0.15, 0.2) is 0 Å². The van der Waals surface area contributed by atoms with Gasteiger partial charge < -0.3 is 4.74 Å². The number of hydrogen-bond acceptors (Lipinski definition) is 4. The number of benzene rings is 2. The van der Waals surface area contributed by atoms with Gasteiger partial charge in [-0.25, -0.2) is 8.42 Å². The molecule has 0 saturated carbocycles. The molecule has 2 aromatic carbocycles. The summed E-state index contributed by atoms with van der Waals surface area (Å²) in [6.45, 7) is 0.526. The van der Waals surface area contributed by atoms with Crippen molar-refractivity contribution in [3.8, 4) is 5.75 Å². The van der Waals surface area contributed by atoms with Crippen LogP contribution in [0.3, 0.4) is 0 Å². The molecule has 1 aliphatic rings. The summed E-state index contributed by atoms with van der Waals surface area (Å²) in [6, 6.07) is 16.3. The molecule has 0 aliphatic carbocycles. The Morgan fingerprint density at radius 3 is 2.41 bits per heavy atom. The maximum Gasteiger partial charge on any atom is 0.244 e. The summed E-state index contributed by atoms with van der Waals surface area (Å²) >= 11 is 1.65. The predicted molar refractivity (Wildman–Crippen MR) is 88.5 cm³/mol. The van der Waals surface area contributed by atoms with Gasteiger partial charge in [0.05, 0.1) is 17.4 Å². The zero-order chi connectivity index (χ0) is 15.6. The van der Waals surface area contributed by atoms with Crippen LogP contribution in [0.4, 0.5) is 0 Å². The van der Waals surface area contributed by atoms with Crippen molar-refractivity contribution in [1.29, 1.82) is 0 Å². The lowest BCUT2D eigenvalue weighted by Crippen LogP contribution is -2.30. The topological polar surface area (TPSA) is 46.6 Å². The highest BCUT2D eigenvalue weighted by atomic mass is 32.2. The van der Waals surface area contributed by atoms with E-state index in [1.54, 1.807) is 47.4 Å². The van der Waals surface area contributed by atoms with Gasteiger partial charge in [-0.3, -0.25) is 0 Å². The molecule has 4 nitrogen and oxygen atoms in total. The van der Waals surface area contributed by atoms with Gasteiger partial charge in [0.1, 0.15) is 5.75 Å². The summed E-state index contributed by atoms with van der Waals surface area (Å²) in [5.74, 6) is 1.45. The van der Waals surface area contributed by atoms with E-state index in [0.29, 0.717) is 17.2 Å². The summed E-state index contributed by atoms with van der Waals surface area (Å²) in [5.41, 5.74) is 1.02. The summed E-state index contributed by atoms with van der Waals surface area (Å²) in [5, 5.41) is -0.159. The molecule has 1 fully saturated rings. The van der Waals surface area contributed by atoms with Gasteiger partial charge in [0.2, 0.25) is 10.0 Å². The summed E-state index contributed by atoms with van der Waals surface area (Å²) < 4.78 is 32.4. The fraction of sp³-hybridized carbons (Fsp3) is 0.250. The minimum absolute atomic E-state index is 0.159. The molecule has 0 bridgehead atoms. The Balaban J connectivity index is 1.93. The average Bonchev–Trinajstić information content (AvgIpc) is 3.06. The molecule has 1 heterocycles. The normalized spacial score (nSPS) is 19.2.